The van der Waals surface area contributed by atoms with Crippen LogP contribution in [0.15, 0.2) is 30.3 Å². The van der Waals surface area contributed by atoms with Gasteiger partial charge in [-0.05, 0) is 25.3 Å². The molecule has 0 aliphatic heterocycles. The van der Waals surface area contributed by atoms with E-state index in [0.717, 1.165) is 41.6 Å². The number of thiazole rings is 1. The molecule has 3 nitrogen and oxygen atoms in total. The van der Waals surface area contributed by atoms with Crippen molar-refractivity contribution in [2.75, 3.05) is 11.4 Å². The number of benzene rings is 1. The van der Waals surface area contributed by atoms with E-state index in [-0.39, 0.29) is 5.78 Å². The normalized spacial score (nSPS) is 14.2. The third-order valence-corrected chi connectivity index (χ3v) is 4.82. The molecule has 104 valence electrons. The summed E-state index contributed by atoms with van der Waals surface area (Å²) in [6.45, 7) is 3.87. The van der Waals surface area contributed by atoms with Crippen molar-refractivity contribution >= 4 is 22.3 Å². The average Bonchev–Trinajstić information content (AvgIpc) is 2.91. The Kier molecular flexibility index (Phi) is 3.83. The molecule has 2 aromatic rings. The second kappa shape index (κ2) is 5.75. The molecule has 0 atom stereocenters. The van der Waals surface area contributed by atoms with Crippen LogP contribution in [0.3, 0.4) is 0 Å². The summed E-state index contributed by atoms with van der Waals surface area (Å²) in [6, 6.07) is 10.4. The molecule has 4 heteroatoms. The van der Waals surface area contributed by atoms with Gasteiger partial charge in [-0.25, -0.2) is 4.98 Å². The highest BCUT2D eigenvalue weighted by Gasteiger charge is 2.23. The number of nitrogens with zero attached hydrogens (tertiary/aromatic N) is 2. The zero-order valence-electron chi connectivity index (χ0n) is 11.6. The number of Topliss-reactive ketones (excluding diaryl/α,β-unsaturated/α-hetero) is 1. The number of hydrogen-bond acceptors (Lipinski definition) is 4. The Morgan fingerprint density at radius 1 is 1.25 bits per heavy atom. The first kappa shape index (κ1) is 13.3. The molecule has 1 heterocycles. The molecule has 20 heavy (non-hydrogen) atoms. The number of anilines is 1. The third kappa shape index (κ3) is 2.61. The van der Waals surface area contributed by atoms with E-state index in [1.807, 2.05) is 6.07 Å². The van der Waals surface area contributed by atoms with Crippen molar-refractivity contribution in [3.8, 4) is 0 Å². The Morgan fingerprint density at radius 3 is 2.75 bits per heavy atom. The summed E-state index contributed by atoms with van der Waals surface area (Å²) in [5.74, 6) is 0.269. The Balaban J connectivity index is 1.85. The molecular weight excluding hydrogens is 268 g/mol. The van der Waals surface area contributed by atoms with Gasteiger partial charge in [0, 0.05) is 19.5 Å². The van der Waals surface area contributed by atoms with Crippen molar-refractivity contribution in [3.63, 3.8) is 0 Å². The van der Waals surface area contributed by atoms with Crippen LogP contribution in [0.5, 0.6) is 0 Å². The molecule has 1 aromatic heterocycles. The SMILES string of the molecule is CCN(Cc1ccccc1)c1nc2c(s1)C(=O)CCC2. The van der Waals surface area contributed by atoms with E-state index in [1.165, 1.54) is 5.56 Å². The van der Waals surface area contributed by atoms with Gasteiger partial charge in [0.05, 0.1) is 10.6 Å². The van der Waals surface area contributed by atoms with Crippen molar-refractivity contribution < 1.29 is 4.79 Å². The lowest BCUT2D eigenvalue weighted by atomic mass is 10.0. The van der Waals surface area contributed by atoms with Crippen LogP contribution in [0.4, 0.5) is 5.13 Å². The van der Waals surface area contributed by atoms with E-state index in [0.29, 0.717) is 6.42 Å². The zero-order valence-corrected chi connectivity index (χ0v) is 12.4. The lowest BCUT2D eigenvalue weighted by Gasteiger charge is -2.19. The maximum atomic E-state index is 11.9. The maximum Gasteiger partial charge on any atom is 0.186 e. The molecule has 1 aromatic carbocycles. The van der Waals surface area contributed by atoms with E-state index in [4.69, 9.17) is 4.98 Å². The Labute approximate surface area is 123 Å². The lowest BCUT2D eigenvalue weighted by Crippen LogP contribution is -2.21. The fraction of sp³-hybridized carbons (Fsp3) is 0.375. The summed E-state index contributed by atoms with van der Waals surface area (Å²) in [5, 5.41) is 0.983. The average molecular weight is 286 g/mol. The quantitative estimate of drug-likeness (QED) is 0.859. The fourth-order valence-corrected chi connectivity index (χ4v) is 3.65. The van der Waals surface area contributed by atoms with Crippen LogP contribution in [-0.2, 0) is 13.0 Å². The van der Waals surface area contributed by atoms with Crippen molar-refractivity contribution in [3.05, 3.63) is 46.5 Å². The van der Waals surface area contributed by atoms with Crippen LogP contribution in [0.25, 0.3) is 0 Å². The van der Waals surface area contributed by atoms with Gasteiger partial charge in [0.25, 0.3) is 0 Å². The number of hydrogen-bond donors (Lipinski definition) is 0. The molecule has 0 radical (unpaired) electrons. The molecule has 1 aliphatic rings. The van der Waals surface area contributed by atoms with Crippen molar-refractivity contribution in [1.82, 2.24) is 4.98 Å². The molecular formula is C16H18N2OS. The second-order valence-corrected chi connectivity index (χ2v) is 6.03. The summed E-state index contributed by atoms with van der Waals surface area (Å²) in [7, 11) is 0. The van der Waals surface area contributed by atoms with E-state index >= 15 is 0 Å². The van der Waals surface area contributed by atoms with Gasteiger partial charge < -0.3 is 4.90 Å². The minimum Gasteiger partial charge on any atom is -0.344 e. The minimum atomic E-state index is 0.269. The number of carbonyl (C=O) groups excluding carboxylic acids is 1. The van der Waals surface area contributed by atoms with E-state index in [2.05, 4.69) is 36.1 Å². The van der Waals surface area contributed by atoms with Gasteiger partial charge in [0.1, 0.15) is 0 Å². The van der Waals surface area contributed by atoms with Crippen molar-refractivity contribution in [1.29, 1.82) is 0 Å². The van der Waals surface area contributed by atoms with Gasteiger partial charge in [0.2, 0.25) is 0 Å². The maximum absolute atomic E-state index is 11.9. The van der Waals surface area contributed by atoms with Crippen molar-refractivity contribution in [2.24, 2.45) is 0 Å². The number of rotatable bonds is 4. The van der Waals surface area contributed by atoms with Crippen molar-refractivity contribution in [2.45, 2.75) is 32.7 Å². The van der Waals surface area contributed by atoms with Crippen LogP contribution in [0.1, 0.15) is 40.7 Å². The first-order valence-electron chi connectivity index (χ1n) is 7.09. The van der Waals surface area contributed by atoms with E-state index in [1.54, 1.807) is 11.3 Å². The molecule has 0 amide bonds. The highest BCUT2D eigenvalue weighted by molar-refractivity contribution is 7.17. The number of fused-ring (bicyclic) bond motifs is 1. The lowest BCUT2D eigenvalue weighted by molar-refractivity contribution is 0.0976. The Morgan fingerprint density at radius 2 is 2.05 bits per heavy atom. The number of aryl methyl sites for hydroxylation is 1. The van der Waals surface area contributed by atoms with Gasteiger partial charge in [-0.3, -0.25) is 4.79 Å². The summed E-state index contributed by atoms with van der Waals surface area (Å²) in [4.78, 5) is 19.7. The molecule has 0 bridgehead atoms. The number of ketones is 1. The van der Waals surface area contributed by atoms with Crippen LogP contribution < -0.4 is 4.90 Å². The highest BCUT2D eigenvalue weighted by Crippen LogP contribution is 2.32. The first-order valence-corrected chi connectivity index (χ1v) is 7.91. The Bertz CT molecular complexity index is 606. The zero-order chi connectivity index (χ0) is 13.9. The molecule has 0 saturated heterocycles. The second-order valence-electron chi connectivity index (χ2n) is 5.05. The Hall–Kier alpha value is -1.68. The van der Waals surface area contributed by atoms with Gasteiger partial charge >= 0.3 is 0 Å². The van der Waals surface area contributed by atoms with Gasteiger partial charge in [-0.2, -0.15) is 0 Å². The van der Waals surface area contributed by atoms with Gasteiger partial charge in [-0.1, -0.05) is 41.7 Å². The summed E-state index contributed by atoms with van der Waals surface area (Å²) >= 11 is 1.56. The van der Waals surface area contributed by atoms with Crippen LogP contribution >= 0.6 is 11.3 Å². The fourth-order valence-electron chi connectivity index (χ4n) is 2.51. The molecule has 0 spiro atoms. The first-order chi connectivity index (χ1) is 9.78. The number of aromatic nitrogens is 1. The smallest absolute Gasteiger partial charge is 0.186 e. The van der Waals surface area contributed by atoms with Crippen LogP contribution in [0.2, 0.25) is 0 Å². The van der Waals surface area contributed by atoms with Gasteiger partial charge in [0.15, 0.2) is 10.9 Å². The third-order valence-electron chi connectivity index (χ3n) is 3.63. The molecule has 0 saturated carbocycles. The van der Waals surface area contributed by atoms with E-state index < -0.39 is 0 Å². The highest BCUT2D eigenvalue weighted by atomic mass is 32.1. The van der Waals surface area contributed by atoms with Crippen LogP contribution in [0, 0.1) is 0 Å². The molecule has 3 rings (SSSR count). The predicted molar refractivity (Wildman–Crippen MR) is 82.5 cm³/mol. The summed E-state index contributed by atoms with van der Waals surface area (Å²) in [5.41, 5.74) is 2.28. The standard InChI is InChI=1S/C16H18N2OS/c1-2-18(11-12-7-4-3-5-8-12)16-17-13-9-6-10-14(19)15(13)20-16/h3-5,7-8H,2,6,9-11H2,1H3. The summed E-state index contributed by atoms with van der Waals surface area (Å²) in [6.07, 6.45) is 2.57. The topological polar surface area (TPSA) is 33.2 Å². The number of carbonyl (C=O) groups is 1. The van der Waals surface area contributed by atoms with E-state index in [9.17, 15) is 4.79 Å². The predicted octanol–water partition coefficient (Wildman–Crippen LogP) is 3.69. The molecule has 1 aliphatic carbocycles. The minimum absolute atomic E-state index is 0.269. The van der Waals surface area contributed by atoms with Crippen LogP contribution in [-0.4, -0.2) is 17.3 Å². The summed E-state index contributed by atoms with van der Waals surface area (Å²) < 4.78 is 0. The van der Waals surface area contributed by atoms with Gasteiger partial charge in [-0.15, -0.1) is 0 Å². The monoisotopic (exact) mass is 286 g/mol. The molecule has 0 fully saturated rings. The largest absolute Gasteiger partial charge is 0.344 e. The molecule has 0 N–H and O–H groups in total. The molecule has 0 unspecified atom stereocenters.